The monoisotopic (exact) mass is 329 g/mol. The van der Waals surface area contributed by atoms with E-state index in [-0.39, 0.29) is 12.5 Å². The number of rotatable bonds is 6. The van der Waals surface area contributed by atoms with Crippen molar-refractivity contribution < 1.29 is 4.79 Å². The van der Waals surface area contributed by atoms with Crippen molar-refractivity contribution >= 4 is 33.6 Å². The highest BCUT2D eigenvalue weighted by molar-refractivity contribution is 9.10. The lowest BCUT2D eigenvalue weighted by molar-refractivity contribution is -0.127. The van der Waals surface area contributed by atoms with Gasteiger partial charge in [-0.05, 0) is 22.4 Å². The molecule has 0 spiro atoms. The van der Waals surface area contributed by atoms with E-state index in [2.05, 4.69) is 38.1 Å². The molecule has 106 valence electrons. The number of carbonyl (C=O) groups excluding carboxylic acids is 1. The number of anilines is 2. The Labute approximate surface area is 122 Å². The van der Waals surface area contributed by atoms with Gasteiger partial charge in [-0.15, -0.1) is 0 Å². The summed E-state index contributed by atoms with van der Waals surface area (Å²) in [6, 6.07) is 0. The number of hydrogen-bond acceptors (Lipinski definition) is 5. The molecule has 1 heterocycles. The molecule has 0 radical (unpaired) electrons. The molecule has 0 aliphatic heterocycles. The number of amides is 1. The Hall–Kier alpha value is -1.37. The van der Waals surface area contributed by atoms with Crippen LogP contribution in [0.2, 0.25) is 0 Å². The topological polar surface area (TPSA) is 61.4 Å². The van der Waals surface area contributed by atoms with Crippen LogP contribution in [0, 0.1) is 0 Å². The molecule has 0 atom stereocenters. The van der Waals surface area contributed by atoms with E-state index in [1.807, 2.05) is 7.05 Å². The Bertz CT molecular complexity index is 438. The Kier molecular flexibility index (Phi) is 6.01. The van der Waals surface area contributed by atoms with Crippen LogP contribution in [0.1, 0.15) is 13.3 Å². The normalized spacial score (nSPS) is 10.2. The van der Waals surface area contributed by atoms with Crippen LogP contribution in [-0.4, -0.2) is 55.0 Å². The number of nitrogens with zero attached hydrogens (tertiary/aromatic N) is 4. The second kappa shape index (κ2) is 7.28. The second-order valence-electron chi connectivity index (χ2n) is 4.44. The molecule has 0 fully saturated rings. The van der Waals surface area contributed by atoms with Crippen molar-refractivity contribution in [3.8, 4) is 0 Å². The fourth-order valence-electron chi connectivity index (χ4n) is 1.37. The summed E-state index contributed by atoms with van der Waals surface area (Å²) in [6.07, 6.45) is 2.70. The summed E-state index contributed by atoms with van der Waals surface area (Å²) in [5, 5.41) is 3.13. The van der Waals surface area contributed by atoms with Gasteiger partial charge in [0.15, 0.2) is 0 Å². The van der Waals surface area contributed by atoms with Crippen LogP contribution in [0.5, 0.6) is 0 Å². The molecule has 1 rings (SSSR count). The SMILES string of the molecule is CCCNc1ncc(Br)c(N(C)CC(=O)N(C)C)n1. The molecular formula is C12H20BrN5O. The maximum Gasteiger partial charge on any atom is 0.241 e. The van der Waals surface area contributed by atoms with E-state index in [1.165, 1.54) is 0 Å². The number of aromatic nitrogens is 2. The van der Waals surface area contributed by atoms with E-state index in [0.29, 0.717) is 11.8 Å². The molecule has 1 aromatic heterocycles. The minimum Gasteiger partial charge on any atom is -0.354 e. The zero-order valence-electron chi connectivity index (χ0n) is 11.8. The standard InChI is InChI=1S/C12H20BrN5O/c1-5-6-14-12-15-7-9(13)11(16-12)18(4)8-10(19)17(2)3/h7H,5-6,8H2,1-4H3,(H,14,15,16). The summed E-state index contributed by atoms with van der Waals surface area (Å²) in [6.45, 7) is 3.17. The van der Waals surface area contributed by atoms with Crippen molar-refractivity contribution in [1.82, 2.24) is 14.9 Å². The molecule has 0 saturated heterocycles. The van der Waals surface area contributed by atoms with E-state index >= 15 is 0 Å². The predicted molar refractivity (Wildman–Crippen MR) is 80.5 cm³/mol. The summed E-state index contributed by atoms with van der Waals surface area (Å²) < 4.78 is 0.767. The van der Waals surface area contributed by atoms with Crippen molar-refractivity contribution in [3.05, 3.63) is 10.7 Å². The molecule has 1 amide bonds. The first-order valence-corrected chi connectivity index (χ1v) is 6.92. The highest BCUT2D eigenvalue weighted by atomic mass is 79.9. The molecule has 0 aliphatic rings. The van der Waals surface area contributed by atoms with Gasteiger partial charge in [0, 0.05) is 33.9 Å². The molecular weight excluding hydrogens is 310 g/mol. The molecule has 7 heteroatoms. The van der Waals surface area contributed by atoms with Gasteiger partial charge in [0.25, 0.3) is 0 Å². The molecule has 0 aliphatic carbocycles. The maximum atomic E-state index is 11.7. The molecule has 0 aromatic carbocycles. The van der Waals surface area contributed by atoms with Gasteiger partial charge >= 0.3 is 0 Å². The van der Waals surface area contributed by atoms with Gasteiger partial charge in [-0.1, -0.05) is 6.92 Å². The third-order valence-corrected chi connectivity index (χ3v) is 3.05. The molecule has 6 nitrogen and oxygen atoms in total. The van der Waals surface area contributed by atoms with Crippen molar-refractivity contribution in [1.29, 1.82) is 0 Å². The van der Waals surface area contributed by atoms with Gasteiger partial charge in [-0.25, -0.2) is 4.98 Å². The van der Waals surface area contributed by atoms with Gasteiger partial charge in [-0.2, -0.15) is 4.98 Å². The number of nitrogens with one attached hydrogen (secondary N) is 1. The molecule has 0 unspecified atom stereocenters. The molecule has 1 aromatic rings. The first-order chi connectivity index (χ1) is 8.95. The molecule has 0 saturated carbocycles. The fourth-order valence-corrected chi connectivity index (χ4v) is 1.86. The van der Waals surface area contributed by atoms with Crippen LogP contribution in [-0.2, 0) is 4.79 Å². The minimum atomic E-state index is 0.0241. The average Bonchev–Trinajstić information content (AvgIpc) is 2.37. The summed E-state index contributed by atoms with van der Waals surface area (Å²) in [5.74, 6) is 1.30. The molecule has 1 N–H and O–H groups in total. The zero-order chi connectivity index (χ0) is 14.4. The summed E-state index contributed by atoms with van der Waals surface area (Å²) in [4.78, 5) is 23.6. The van der Waals surface area contributed by atoms with E-state index in [0.717, 1.165) is 17.4 Å². The zero-order valence-corrected chi connectivity index (χ0v) is 13.4. The van der Waals surface area contributed by atoms with E-state index in [1.54, 1.807) is 30.1 Å². The maximum absolute atomic E-state index is 11.7. The number of carbonyl (C=O) groups is 1. The van der Waals surface area contributed by atoms with Crippen molar-refractivity contribution in [2.45, 2.75) is 13.3 Å². The molecule has 0 bridgehead atoms. The second-order valence-corrected chi connectivity index (χ2v) is 5.29. The largest absolute Gasteiger partial charge is 0.354 e. The Morgan fingerprint density at radius 1 is 1.42 bits per heavy atom. The van der Waals surface area contributed by atoms with E-state index in [4.69, 9.17) is 0 Å². The minimum absolute atomic E-state index is 0.0241. The fraction of sp³-hybridized carbons (Fsp3) is 0.583. The van der Waals surface area contributed by atoms with Gasteiger partial charge in [0.1, 0.15) is 5.82 Å². The van der Waals surface area contributed by atoms with Crippen LogP contribution in [0.15, 0.2) is 10.7 Å². The van der Waals surface area contributed by atoms with Gasteiger partial charge < -0.3 is 15.1 Å². The van der Waals surface area contributed by atoms with E-state index < -0.39 is 0 Å². The van der Waals surface area contributed by atoms with Crippen LogP contribution in [0.3, 0.4) is 0 Å². The first-order valence-electron chi connectivity index (χ1n) is 6.13. The first kappa shape index (κ1) is 15.7. The van der Waals surface area contributed by atoms with Crippen LogP contribution >= 0.6 is 15.9 Å². The number of likely N-dealkylation sites (N-methyl/N-ethyl adjacent to an activating group) is 2. The highest BCUT2D eigenvalue weighted by Gasteiger charge is 2.14. The van der Waals surface area contributed by atoms with Crippen molar-refractivity contribution in [2.75, 3.05) is 44.4 Å². The van der Waals surface area contributed by atoms with Crippen LogP contribution < -0.4 is 10.2 Å². The summed E-state index contributed by atoms with van der Waals surface area (Å²) >= 11 is 3.41. The Morgan fingerprint density at radius 2 is 2.11 bits per heavy atom. The quantitative estimate of drug-likeness (QED) is 0.858. The van der Waals surface area contributed by atoms with Gasteiger partial charge in [0.2, 0.25) is 11.9 Å². The van der Waals surface area contributed by atoms with Crippen molar-refractivity contribution in [2.24, 2.45) is 0 Å². The Morgan fingerprint density at radius 3 is 2.68 bits per heavy atom. The summed E-state index contributed by atoms with van der Waals surface area (Å²) in [7, 11) is 5.30. The predicted octanol–water partition coefficient (Wildman–Crippen LogP) is 1.59. The van der Waals surface area contributed by atoms with Gasteiger partial charge in [0.05, 0.1) is 11.0 Å². The number of hydrogen-bond donors (Lipinski definition) is 1. The lowest BCUT2D eigenvalue weighted by atomic mass is 10.4. The van der Waals surface area contributed by atoms with Crippen LogP contribution in [0.25, 0.3) is 0 Å². The Balaban J connectivity index is 2.82. The van der Waals surface area contributed by atoms with E-state index in [9.17, 15) is 4.79 Å². The lowest BCUT2D eigenvalue weighted by Crippen LogP contribution is -2.35. The van der Waals surface area contributed by atoms with Gasteiger partial charge in [-0.3, -0.25) is 4.79 Å². The smallest absolute Gasteiger partial charge is 0.241 e. The third kappa shape index (κ3) is 4.66. The van der Waals surface area contributed by atoms with Crippen molar-refractivity contribution in [3.63, 3.8) is 0 Å². The van der Waals surface area contributed by atoms with Crippen LogP contribution in [0.4, 0.5) is 11.8 Å². The highest BCUT2D eigenvalue weighted by Crippen LogP contribution is 2.23. The lowest BCUT2D eigenvalue weighted by Gasteiger charge is -2.21. The summed E-state index contributed by atoms with van der Waals surface area (Å²) in [5.41, 5.74) is 0. The third-order valence-electron chi connectivity index (χ3n) is 2.49. The average molecular weight is 330 g/mol. The number of halogens is 1. The molecule has 19 heavy (non-hydrogen) atoms.